The third-order valence-corrected chi connectivity index (χ3v) is 4.14. The van der Waals surface area contributed by atoms with Crippen molar-refractivity contribution in [3.8, 4) is 0 Å². The van der Waals surface area contributed by atoms with E-state index >= 15 is 0 Å². The number of aliphatic hydroxyl groups is 1. The number of rotatable bonds is 7. The van der Waals surface area contributed by atoms with Gasteiger partial charge in [-0.25, -0.2) is 0 Å². The van der Waals surface area contributed by atoms with Gasteiger partial charge >= 0.3 is 0 Å². The Hall–Kier alpha value is -0.940. The summed E-state index contributed by atoms with van der Waals surface area (Å²) < 4.78 is 11.6. The number of hydrogen-bond acceptors (Lipinski definition) is 4. The number of hydrogen-bond donors (Lipinski definition) is 1. The van der Waals surface area contributed by atoms with Crippen LogP contribution in [0.1, 0.15) is 25.8 Å². The minimum atomic E-state index is -0.553. The molecule has 21 heavy (non-hydrogen) atoms. The van der Waals surface area contributed by atoms with E-state index in [1.54, 1.807) is 0 Å². The predicted molar refractivity (Wildman–Crippen MR) is 83.2 cm³/mol. The maximum atomic E-state index is 10.5. The highest BCUT2D eigenvalue weighted by atomic mass is 16.5. The Morgan fingerprint density at radius 3 is 2.62 bits per heavy atom. The van der Waals surface area contributed by atoms with Crippen LogP contribution >= 0.6 is 0 Å². The number of likely N-dealkylation sites (N-methyl/N-ethyl adjacent to an activating group) is 1. The van der Waals surface area contributed by atoms with E-state index in [0.29, 0.717) is 13.2 Å². The van der Waals surface area contributed by atoms with E-state index in [0.717, 1.165) is 31.6 Å². The average Bonchev–Trinajstić information content (AvgIpc) is 2.54. The normalized spacial score (nSPS) is 26.2. The zero-order chi connectivity index (χ0) is 15.1. The number of aliphatic hydroxyl groups excluding tert-OH is 1. The molecule has 1 N–H and O–H groups in total. The highest BCUT2D eigenvalue weighted by Gasteiger charge is 2.34. The maximum Gasteiger partial charge on any atom is 0.108 e. The first-order chi connectivity index (χ1) is 10.2. The molecule has 0 bridgehead atoms. The van der Waals surface area contributed by atoms with E-state index < -0.39 is 6.10 Å². The van der Waals surface area contributed by atoms with Crippen LogP contribution in [-0.4, -0.2) is 54.6 Å². The number of ether oxygens (including phenoxy) is 2. The van der Waals surface area contributed by atoms with Crippen molar-refractivity contribution in [2.24, 2.45) is 0 Å². The SMILES string of the molecule is CCN(CC)C[C@H]1OCC[C@@H](OCc2ccccc2)[C@@H]1O. The standard InChI is InChI=1S/C17H27NO3/c1-3-18(4-2)12-16-17(19)15(10-11-20-16)21-13-14-8-6-5-7-9-14/h5-9,15-17,19H,3-4,10-13H2,1-2H3/t15-,16-,17+/m1/s1. The van der Waals surface area contributed by atoms with Gasteiger partial charge in [-0.2, -0.15) is 0 Å². The summed E-state index contributed by atoms with van der Waals surface area (Å²) in [6.45, 7) is 8.16. The van der Waals surface area contributed by atoms with Crippen molar-refractivity contribution in [1.29, 1.82) is 0 Å². The van der Waals surface area contributed by atoms with Gasteiger partial charge in [-0.15, -0.1) is 0 Å². The van der Waals surface area contributed by atoms with Crippen LogP contribution in [0.3, 0.4) is 0 Å². The van der Waals surface area contributed by atoms with Gasteiger partial charge in [0, 0.05) is 13.2 Å². The minimum absolute atomic E-state index is 0.139. The molecule has 0 radical (unpaired) electrons. The fourth-order valence-electron chi connectivity index (χ4n) is 2.70. The van der Waals surface area contributed by atoms with Crippen LogP contribution < -0.4 is 0 Å². The lowest BCUT2D eigenvalue weighted by Gasteiger charge is -2.37. The molecule has 0 spiro atoms. The fourth-order valence-corrected chi connectivity index (χ4v) is 2.70. The molecule has 1 aromatic carbocycles. The van der Waals surface area contributed by atoms with E-state index in [2.05, 4.69) is 18.7 Å². The zero-order valence-electron chi connectivity index (χ0n) is 13.1. The van der Waals surface area contributed by atoms with Gasteiger partial charge in [-0.3, -0.25) is 0 Å². The lowest BCUT2D eigenvalue weighted by atomic mass is 10.0. The molecule has 1 saturated heterocycles. The molecule has 0 amide bonds. The van der Waals surface area contributed by atoms with E-state index in [1.165, 1.54) is 0 Å². The van der Waals surface area contributed by atoms with Crippen molar-refractivity contribution in [2.45, 2.75) is 45.2 Å². The van der Waals surface area contributed by atoms with E-state index in [1.807, 2.05) is 30.3 Å². The summed E-state index contributed by atoms with van der Waals surface area (Å²) in [5, 5.41) is 10.5. The number of nitrogens with zero attached hydrogens (tertiary/aromatic N) is 1. The van der Waals surface area contributed by atoms with Crippen LogP contribution in [0.5, 0.6) is 0 Å². The molecule has 3 atom stereocenters. The van der Waals surface area contributed by atoms with Crippen molar-refractivity contribution in [3.05, 3.63) is 35.9 Å². The summed E-state index contributed by atoms with van der Waals surface area (Å²) in [6.07, 6.45) is -0.0926. The molecule has 0 saturated carbocycles. The van der Waals surface area contributed by atoms with Crippen LogP contribution in [0.4, 0.5) is 0 Å². The summed E-state index contributed by atoms with van der Waals surface area (Å²) in [5.74, 6) is 0. The van der Waals surface area contributed by atoms with Gasteiger partial charge in [-0.1, -0.05) is 44.2 Å². The fraction of sp³-hybridized carbons (Fsp3) is 0.647. The van der Waals surface area contributed by atoms with Crippen LogP contribution in [0.15, 0.2) is 30.3 Å². The second-order valence-electron chi connectivity index (χ2n) is 5.51. The molecular weight excluding hydrogens is 266 g/mol. The van der Waals surface area contributed by atoms with Crippen molar-refractivity contribution < 1.29 is 14.6 Å². The summed E-state index contributed by atoms with van der Waals surface area (Å²) >= 11 is 0. The molecule has 0 aromatic heterocycles. The first-order valence-electron chi connectivity index (χ1n) is 7.92. The topological polar surface area (TPSA) is 41.9 Å². The molecule has 0 unspecified atom stereocenters. The van der Waals surface area contributed by atoms with Gasteiger partial charge in [0.2, 0.25) is 0 Å². The molecular formula is C17H27NO3. The Morgan fingerprint density at radius 2 is 1.95 bits per heavy atom. The smallest absolute Gasteiger partial charge is 0.108 e. The zero-order valence-corrected chi connectivity index (χ0v) is 13.1. The molecule has 2 rings (SSSR count). The molecule has 0 aliphatic carbocycles. The van der Waals surface area contributed by atoms with Gasteiger partial charge in [0.25, 0.3) is 0 Å². The molecule has 1 aromatic rings. The second kappa shape index (κ2) is 8.49. The third kappa shape index (κ3) is 4.78. The Labute approximate surface area is 127 Å². The third-order valence-electron chi connectivity index (χ3n) is 4.14. The van der Waals surface area contributed by atoms with Crippen LogP contribution in [-0.2, 0) is 16.1 Å². The highest BCUT2D eigenvalue weighted by molar-refractivity contribution is 5.13. The largest absolute Gasteiger partial charge is 0.388 e. The molecule has 118 valence electrons. The molecule has 1 fully saturated rings. The van der Waals surface area contributed by atoms with Crippen molar-refractivity contribution >= 4 is 0 Å². The molecule has 1 aliphatic rings. The molecule has 4 nitrogen and oxygen atoms in total. The Bertz CT molecular complexity index is 394. The first kappa shape index (κ1) is 16.4. The van der Waals surface area contributed by atoms with Gasteiger partial charge in [0.15, 0.2) is 0 Å². The summed E-state index contributed by atoms with van der Waals surface area (Å²) in [7, 11) is 0. The van der Waals surface area contributed by atoms with Crippen molar-refractivity contribution in [1.82, 2.24) is 4.90 Å². The Morgan fingerprint density at radius 1 is 1.24 bits per heavy atom. The summed E-state index contributed by atoms with van der Waals surface area (Å²) in [4.78, 5) is 2.27. The van der Waals surface area contributed by atoms with Crippen LogP contribution in [0, 0.1) is 0 Å². The molecule has 1 aliphatic heterocycles. The minimum Gasteiger partial charge on any atom is -0.388 e. The molecule has 4 heteroatoms. The highest BCUT2D eigenvalue weighted by Crippen LogP contribution is 2.20. The molecule has 1 heterocycles. The second-order valence-corrected chi connectivity index (χ2v) is 5.51. The number of benzene rings is 1. The lowest BCUT2D eigenvalue weighted by Crippen LogP contribution is -2.50. The van der Waals surface area contributed by atoms with E-state index in [9.17, 15) is 5.11 Å². The van der Waals surface area contributed by atoms with Gasteiger partial charge in [0.05, 0.1) is 18.8 Å². The average molecular weight is 293 g/mol. The Kier molecular flexibility index (Phi) is 6.64. The monoisotopic (exact) mass is 293 g/mol. The predicted octanol–water partition coefficient (Wildman–Crippen LogP) is 2.06. The Balaban J connectivity index is 1.85. The lowest BCUT2D eigenvalue weighted by molar-refractivity contribution is -0.163. The van der Waals surface area contributed by atoms with E-state index in [-0.39, 0.29) is 12.2 Å². The van der Waals surface area contributed by atoms with Gasteiger partial charge in [-0.05, 0) is 25.1 Å². The van der Waals surface area contributed by atoms with Gasteiger partial charge in [0.1, 0.15) is 6.10 Å². The van der Waals surface area contributed by atoms with Crippen LogP contribution in [0.2, 0.25) is 0 Å². The van der Waals surface area contributed by atoms with Crippen molar-refractivity contribution in [3.63, 3.8) is 0 Å². The maximum absolute atomic E-state index is 10.5. The quantitative estimate of drug-likeness (QED) is 0.835. The van der Waals surface area contributed by atoms with Crippen LogP contribution in [0.25, 0.3) is 0 Å². The first-order valence-corrected chi connectivity index (χ1v) is 7.92. The summed E-state index contributed by atoms with van der Waals surface area (Å²) in [6, 6.07) is 10.1. The van der Waals surface area contributed by atoms with E-state index in [4.69, 9.17) is 9.47 Å². The summed E-state index contributed by atoms with van der Waals surface area (Å²) in [5.41, 5.74) is 1.14. The van der Waals surface area contributed by atoms with Gasteiger partial charge < -0.3 is 19.5 Å². The van der Waals surface area contributed by atoms with Crippen molar-refractivity contribution in [2.75, 3.05) is 26.2 Å².